The van der Waals surface area contributed by atoms with E-state index in [-0.39, 0.29) is 32.0 Å². The van der Waals surface area contributed by atoms with Gasteiger partial charge in [-0.1, -0.05) is 35.9 Å². The number of aromatic hydroxyl groups is 1. The van der Waals surface area contributed by atoms with Crippen molar-refractivity contribution in [3.63, 3.8) is 0 Å². The van der Waals surface area contributed by atoms with Crippen LogP contribution in [0, 0.1) is 5.82 Å². The summed E-state index contributed by atoms with van der Waals surface area (Å²) in [6, 6.07) is 10.9. The minimum atomic E-state index is -4.11. The van der Waals surface area contributed by atoms with Crippen LogP contribution in [0.15, 0.2) is 58.3 Å². The monoisotopic (exact) mass is 441 g/mol. The summed E-state index contributed by atoms with van der Waals surface area (Å²) < 4.78 is 41.2. The highest BCUT2D eigenvalue weighted by Crippen LogP contribution is 2.40. The van der Waals surface area contributed by atoms with E-state index in [2.05, 4.69) is 4.72 Å². The molecule has 0 amide bonds. The Kier molecular flexibility index (Phi) is 5.69. The molecule has 3 aromatic carbocycles. The van der Waals surface area contributed by atoms with E-state index in [9.17, 15) is 22.7 Å². The summed E-state index contributed by atoms with van der Waals surface area (Å²) in [7, 11) is -4.11. The van der Waals surface area contributed by atoms with Crippen LogP contribution in [-0.4, -0.2) is 30.4 Å². The third-order valence-corrected chi connectivity index (χ3v) is 6.44. The summed E-state index contributed by atoms with van der Waals surface area (Å²) in [6.07, 6.45) is 0. The summed E-state index contributed by atoms with van der Waals surface area (Å²) in [5.74, 6) is -2.29. The summed E-state index contributed by atoms with van der Waals surface area (Å²) in [4.78, 5) is 10.8. The predicted molar refractivity (Wildman–Crippen MR) is 106 cm³/mol. The summed E-state index contributed by atoms with van der Waals surface area (Å²) in [5.41, 5.74) is 0.140. The molecule has 3 aromatic rings. The zero-order valence-corrected chi connectivity index (χ0v) is 16.4. The number of fused-ring (bicyclic) bond motifs is 1. The largest absolute Gasteiger partial charge is 0.506 e. The van der Waals surface area contributed by atoms with E-state index >= 15 is 0 Å². The van der Waals surface area contributed by atoms with Crippen molar-refractivity contribution in [2.24, 2.45) is 0 Å². The molecule has 0 aromatic heterocycles. The highest BCUT2D eigenvalue weighted by atomic mass is 35.5. The molecule has 3 N–H and O–H groups in total. The Morgan fingerprint density at radius 2 is 1.82 bits per heavy atom. The van der Waals surface area contributed by atoms with Gasteiger partial charge in [0.05, 0.1) is 26.3 Å². The average Bonchev–Trinajstić information content (AvgIpc) is 2.65. The normalized spacial score (nSPS) is 11.5. The molecule has 0 fully saturated rings. The molecule has 10 heteroatoms. The molecular weight excluding hydrogens is 429 g/mol. The number of phenols is 1. The van der Waals surface area contributed by atoms with Gasteiger partial charge in [0.2, 0.25) is 0 Å². The lowest BCUT2D eigenvalue weighted by Crippen LogP contribution is -2.13. The van der Waals surface area contributed by atoms with Gasteiger partial charge >= 0.3 is 5.97 Å². The molecule has 0 radical (unpaired) electrons. The fraction of sp³-hybridized carbons (Fsp3) is 0.0556. The Balaban J connectivity index is 2.09. The van der Waals surface area contributed by atoms with E-state index < -0.39 is 21.8 Å². The van der Waals surface area contributed by atoms with Crippen LogP contribution in [0.2, 0.25) is 5.02 Å². The lowest BCUT2D eigenvalue weighted by atomic mass is 10.1. The van der Waals surface area contributed by atoms with E-state index in [1.54, 1.807) is 24.3 Å². The Hall–Kier alpha value is -2.49. The van der Waals surface area contributed by atoms with Gasteiger partial charge in [-0.2, -0.15) is 0 Å². The third kappa shape index (κ3) is 4.16. The first kappa shape index (κ1) is 20.2. The zero-order valence-electron chi connectivity index (χ0n) is 14.0. The topological polar surface area (TPSA) is 104 Å². The maximum Gasteiger partial charge on any atom is 0.313 e. The Labute approximate surface area is 169 Å². The molecule has 146 valence electrons. The van der Waals surface area contributed by atoms with Crippen molar-refractivity contribution in [2.75, 3.05) is 10.5 Å². The minimum Gasteiger partial charge on any atom is -0.506 e. The lowest BCUT2D eigenvalue weighted by molar-refractivity contribution is -0.133. The summed E-state index contributed by atoms with van der Waals surface area (Å²) in [6.45, 7) is 0. The SMILES string of the molecule is O=C(O)CSc1cc(NS(=O)(=O)c2ccc(F)c(Cl)c2)c2ccccc2c1O. The smallest absolute Gasteiger partial charge is 0.313 e. The van der Waals surface area contributed by atoms with E-state index in [0.29, 0.717) is 10.8 Å². The van der Waals surface area contributed by atoms with Gasteiger partial charge in [0, 0.05) is 10.8 Å². The van der Waals surface area contributed by atoms with Gasteiger partial charge in [0.15, 0.2) is 0 Å². The van der Waals surface area contributed by atoms with Crippen molar-refractivity contribution in [2.45, 2.75) is 9.79 Å². The van der Waals surface area contributed by atoms with Crippen LogP contribution < -0.4 is 4.72 Å². The van der Waals surface area contributed by atoms with E-state index in [0.717, 1.165) is 30.0 Å². The minimum absolute atomic E-state index is 0.140. The van der Waals surface area contributed by atoms with Crippen LogP contribution >= 0.6 is 23.4 Å². The first-order valence-corrected chi connectivity index (χ1v) is 10.6. The molecule has 0 heterocycles. The quantitative estimate of drug-likeness (QED) is 0.389. The number of nitrogens with one attached hydrogen (secondary N) is 1. The molecule has 0 aliphatic rings. The number of halogens is 2. The van der Waals surface area contributed by atoms with Gasteiger partial charge in [-0.05, 0) is 24.3 Å². The number of anilines is 1. The highest BCUT2D eigenvalue weighted by Gasteiger charge is 2.20. The summed E-state index contributed by atoms with van der Waals surface area (Å²) >= 11 is 6.53. The van der Waals surface area contributed by atoms with Gasteiger partial charge in [0.25, 0.3) is 10.0 Å². The van der Waals surface area contributed by atoms with E-state index in [1.807, 2.05) is 0 Å². The van der Waals surface area contributed by atoms with Gasteiger partial charge in [-0.15, -0.1) is 11.8 Å². The molecule has 0 saturated heterocycles. The van der Waals surface area contributed by atoms with Crippen molar-refractivity contribution in [3.8, 4) is 5.75 Å². The van der Waals surface area contributed by atoms with Gasteiger partial charge in [-0.3, -0.25) is 9.52 Å². The summed E-state index contributed by atoms with van der Waals surface area (Å²) in [5, 5.41) is 19.7. The van der Waals surface area contributed by atoms with Crippen LogP contribution in [0.3, 0.4) is 0 Å². The maximum atomic E-state index is 13.3. The number of hydrogen-bond acceptors (Lipinski definition) is 5. The number of phenolic OH excluding ortho intramolecular Hbond substituents is 1. The molecule has 0 saturated carbocycles. The third-order valence-electron chi connectivity index (χ3n) is 3.78. The second kappa shape index (κ2) is 7.86. The predicted octanol–water partition coefficient (Wildman–Crippen LogP) is 4.32. The molecule has 28 heavy (non-hydrogen) atoms. The maximum absolute atomic E-state index is 13.3. The molecule has 0 bridgehead atoms. The Morgan fingerprint density at radius 1 is 1.14 bits per heavy atom. The number of carboxylic acids is 1. The molecule has 3 rings (SSSR count). The molecule has 6 nitrogen and oxygen atoms in total. The van der Waals surface area contributed by atoms with E-state index in [4.69, 9.17) is 16.7 Å². The average molecular weight is 442 g/mol. The number of carbonyl (C=O) groups is 1. The van der Waals surface area contributed by atoms with Crippen molar-refractivity contribution in [1.82, 2.24) is 0 Å². The number of thioether (sulfide) groups is 1. The highest BCUT2D eigenvalue weighted by molar-refractivity contribution is 8.00. The Bertz CT molecular complexity index is 1180. The number of hydrogen-bond donors (Lipinski definition) is 3. The number of sulfonamides is 1. The molecule has 0 aliphatic heterocycles. The standard InChI is InChI=1S/C18H13ClFNO5S2/c19-13-7-10(5-6-14(13)20)28(25,26)21-15-8-16(27-9-17(22)23)18(24)12-4-2-1-3-11(12)15/h1-8,21,24H,9H2,(H,22,23). The number of benzene rings is 3. The van der Waals surface area contributed by atoms with Crippen molar-refractivity contribution in [3.05, 3.63) is 59.4 Å². The number of carboxylic acid groups (broad SMARTS) is 1. The molecule has 0 aliphatic carbocycles. The molecule has 0 spiro atoms. The fourth-order valence-corrected chi connectivity index (χ4v) is 4.58. The fourth-order valence-electron chi connectivity index (χ4n) is 2.52. The zero-order chi connectivity index (χ0) is 20.5. The van der Waals surface area contributed by atoms with Crippen LogP contribution in [0.4, 0.5) is 10.1 Å². The van der Waals surface area contributed by atoms with Crippen molar-refractivity contribution < 1.29 is 27.8 Å². The lowest BCUT2D eigenvalue weighted by Gasteiger charge is -2.15. The van der Waals surface area contributed by atoms with Crippen LogP contribution in [0.25, 0.3) is 10.8 Å². The van der Waals surface area contributed by atoms with E-state index in [1.165, 1.54) is 6.07 Å². The van der Waals surface area contributed by atoms with Crippen LogP contribution in [-0.2, 0) is 14.8 Å². The molecule has 0 unspecified atom stereocenters. The number of rotatable bonds is 6. The van der Waals surface area contributed by atoms with Crippen LogP contribution in [0.1, 0.15) is 0 Å². The van der Waals surface area contributed by atoms with Crippen molar-refractivity contribution in [1.29, 1.82) is 0 Å². The van der Waals surface area contributed by atoms with Gasteiger partial charge in [-0.25, -0.2) is 12.8 Å². The second-order valence-corrected chi connectivity index (χ2v) is 8.79. The van der Waals surface area contributed by atoms with Crippen LogP contribution in [0.5, 0.6) is 5.75 Å². The van der Waals surface area contributed by atoms with Gasteiger partial charge in [0.1, 0.15) is 11.6 Å². The Morgan fingerprint density at radius 3 is 2.46 bits per heavy atom. The molecule has 0 atom stereocenters. The second-order valence-electron chi connectivity index (χ2n) is 5.68. The first-order valence-electron chi connectivity index (χ1n) is 7.76. The first-order chi connectivity index (χ1) is 13.2. The molecular formula is C18H13ClFNO5S2. The number of aliphatic carboxylic acids is 1. The van der Waals surface area contributed by atoms with Crippen molar-refractivity contribution >= 4 is 55.8 Å². The van der Waals surface area contributed by atoms with Gasteiger partial charge < -0.3 is 10.2 Å².